The number of hydrogen-bond donors (Lipinski definition) is 0. The Labute approximate surface area is 82.3 Å². The summed E-state index contributed by atoms with van der Waals surface area (Å²) in [5.74, 6) is 0. The van der Waals surface area contributed by atoms with Crippen molar-refractivity contribution in [2.75, 3.05) is 6.61 Å². The van der Waals surface area contributed by atoms with Gasteiger partial charge in [0.05, 0.1) is 11.5 Å². The van der Waals surface area contributed by atoms with Crippen molar-refractivity contribution in [2.24, 2.45) is 0 Å². The van der Waals surface area contributed by atoms with Gasteiger partial charge in [-0.05, 0) is 0 Å². The van der Waals surface area contributed by atoms with Gasteiger partial charge in [0.15, 0.2) is 0 Å². The maximum atomic E-state index is 10.5. The zero-order chi connectivity index (χ0) is 11.6. The van der Waals surface area contributed by atoms with Crippen LogP contribution in [0.25, 0.3) is 0 Å². The number of ether oxygens (including phenoxy) is 1. The lowest BCUT2D eigenvalue weighted by atomic mass is 10.0. The lowest BCUT2D eigenvalue weighted by Crippen LogP contribution is -2.55. The van der Waals surface area contributed by atoms with Crippen molar-refractivity contribution in [3.63, 3.8) is 0 Å². The Morgan fingerprint density at radius 2 is 1.60 bits per heavy atom. The van der Waals surface area contributed by atoms with E-state index in [1.165, 1.54) is 0 Å². The molecule has 1 rings (SSSR count). The third kappa shape index (κ3) is 2.15. The van der Waals surface area contributed by atoms with Gasteiger partial charge in [-0.1, -0.05) is 0 Å². The van der Waals surface area contributed by atoms with E-state index in [0.717, 1.165) is 0 Å². The summed E-state index contributed by atoms with van der Waals surface area (Å²) in [6.45, 7) is -0.221. The summed E-state index contributed by atoms with van der Waals surface area (Å²) >= 11 is 0. The summed E-state index contributed by atoms with van der Waals surface area (Å²) in [7, 11) is 0. The van der Waals surface area contributed by atoms with Gasteiger partial charge in [0.1, 0.15) is 0 Å². The average Bonchev–Trinajstić information content (AvgIpc) is 2.16. The first kappa shape index (κ1) is 11.2. The maximum absolute atomic E-state index is 10.5. The van der Waals surface area contributed by atoms with Crippen molar-refractivity contribution < 1.29 is 19.5 Å². The second-order valence-electron chi connectivity index (χ2n) is 2.96. The molecule has 1 saturated heterocycles. The fraction of sp³-hybridized carbons (Fsp3) is 1.00. The molecule has 0 saturated carbocycles. The highest BCUT2D eigenvalue weighted by Crippen LogP contribution is 2.20. The van der Waals surface area contributed by atoms with Crippen molar-refractivity contribution in [1.29, 1.82) is 0 Å². The van der Waals surface area contributed by atoms with Crippen LogP contribution < -0.4 is 0 Å². The third-order valence-corrected chi connectivity index (χ3v) is 2.11. The quantitative estimate of drug-likeness (QED) is 0.453. The van der Waals surface area contributed by atoms with Crippen LogP contribution in [-0.2, 0) is 4.74 Å². The van der Waals surface area contributed by atoms with E-state index >= 15 is 0 Å². The fourth-order valence-corrected chi connectivity index (χ4v) is 1.43. The highest BCUT2D eigenvalue weighted by molar-refractivity contribution is 4.76. The molecule has 0 N–H and O–H groups in total. The predicted octanol–water partition coefficient (Wildman–Crippen LogP) is -0.700. The van der Waals surface area contributed by atoms with Crippen LogP contribution in [0.3, 0.4) is 0 Å². The Balaban J connectivity index is 2.95. The van der Waals surface area contributed by atoms with Gasteiger partial charge in [-0.2, -0.15) is 0 Å². The van der Waals surface area contributed by atoms with E-state index in [0.29, 0.717) is 0 Å². The molecule has 3 unspecified atom stereocenters. The smallest absolute Gasteiger partial charge is 0.311 e. The number of rotatable bonds is 3. The molecule has 1 heterocycles. The lowest BCUT2D eigenvalue weighted by Gasteiger charge is -2.21. The molecular formula is C5H7N3O7. The van der Waals surface area contributed by atoms with Crippen LogP contribution in [0.15, 0.2) is 0 Å². The minimum absolute atomic E-state index is 0.191. The van der Waals surface area contributed by atoms with Gasteiger partial charge >= 0.3 is 12.3 Å². The zero-order valence-corrected chi connectivity index (χ0v) is 7.35. The topological polar surface area (TPSA) is 139 Å². The molecule has 0 aromatic carbocycles. The standard InChI is InChI=1S/C5H7N3O7/c9-6(10)3-1-2-15-5(8(13)14)4(3)7(11)12/h3-5H,1-2H2. The van der Waals surface area contributed by atoms with Gasteiger partial charge in [-0.25, -0.2) is 0 Å². The number of hydrogen-bond acceptors (Lipinski definition) is 7. The van der Waals surface area contributed by atoms with Crippen LogP contribution in [0.2, 0.25) is 0 Å². The van der Waals surface area contributed by atoms with Crippen LogP contribution in [0.4, 0.5) is 0 Å². The van der Waals surface area contributed by atoms with E-state index in [2.05, 4.69) is 4.74 Å². The van der Waals surface area contributed by atoms with E-state index < -0.39 is 33.1 Å². The first-order valence-electron chi connectivity index (χ1n) is 3.97. The molecule has 1 aliphatic rings. The molecule has 0 amide bonds. The van der Waals surface area contributed by atoms with Gasteiger partial charge in [0.2, 0.25) is 0 Å². The Morgan fingerprint density at radius 1 is 1.00 bits per heavy atom. The summed E-state index contributed by atoms with van der Waals surface area (Å²) in [6, 6.07) is -3.49. The summed E-state index contributed by atoms with van der Waals surface area (Å²) in [6.07, 6.45) is -2.13. The predicted molar refractivity (Wildman–Crippen MR) is 42.9 cm³/mol. The molecule has 10 heteroatoms. The molecule has 3 atom stereocenters. The minimum Gasteiger partial charge on any atom is -0.311 e. The molecule has 0 radical (unpaired) electrons. The first-order valence-corrected chi connectivity index (χ1v) is 3.97. The minimum atomic E-state index is -1.94. The normalized spacial score (nSPS) is 30.8. The van der Waals surface area contributed by atoms with Crippen molar-refractivity contribution in [1.82, 2.24) is 0 Å². The van der Waals surface area contributed by atoms with Gasteiger partial charge in [0.25, 0.3) is 6.04 Å². The molecular weight excluding hydrogens is 214 g/mol. The molecule has 0 bridgehead atoms. The summed E-state index contributed by atoms with van der Waals surface area (Å²) in [5.41, 5.74) is 0. The van der Waals surface area contributed by atoms with Crippen molar-refractivity contribution in [3.8, 4) is 0 Å². The molecule has 0 spiro atoms. The van der Waals surface area contributed by atoms with Crippen molar-refractivity contribution >= 4 is 0 Å². The van der Waals surface area contributed by atoms with E-state index in [9.17, 15) is 30.3 Å². The van der Waals surface area contributed by atoms with Gasteiger partial charge in [-0.15, -0.1) is 0 Å². The van der Waals surface area contributed by atoms with Crippen LogP contribution in [0.1, 0.15) is 6.42 Å². The largest absolute Gasteiger partial charge is 0.389 e. The van der Waals surface area contributed by atoms with Gasteiger partial charge < -0.3 is 4.74 Å². The van der Waals surface area contributed by atoms with Crippen LogP contribution >= 0.6 is 0 Å². The highest BCUT2D eigenvalue weighted by Gasteiger charge is 2.57. The van der Waals surface area contributed by atoms with Gasteiger partial charge in [-0.3, -0.25) is 30.3 Å². The lowest BCUT2D eigenvalue weighted by molar-refractivity contribution is -0.701. The molecule has 15 heavy (non-hydrogen) atoms. The van der Waals surface area contributed by atoms with E-state index in [-0.39, 0.29) is 13.0 Å². The zero-order valence-electron chi connectivity index (χ0n) is 7.35. The molecule has 0 aromatic rings. The fourth-order valence-electron chi connectivity index (χ4n) is 1.43. The van der Waals surface area contributed by atoms with Crippen molar-refractivity contribution in [2.45, 2.75) is 24.7 Å². The van der Waals surface area contributed by atoms with Crippen LogP contribution in [0.5, 0.6) is 0 Å². The molecule has 0 aromatic heterocycles. The number of nitrogens with zero attached hydrogens (tertiary/aromatic N) is 3. The Morgan fingerprint density at radius 3 is 2.00 bits per heavy atom. The Bertz CT molecular complexity index is 283. The molecule has 1 fully saturated rings. The first-order chi connectivity index (χ1) is 6.95. The van der Waals surface area contributed by atoms with Crippen molar-refractivity contribution in [3.05, 3.63) is 30.3 Å². The molecule has 84 valence electrons. The number of nitro groups is 3. The Hall–Kier alpha value is -1.84. The molecule has 10 nitrogen and oxygen atoms in total. The average molecular weight is 221 g/mol. The van der Waals surface area contributed by atoms with Crippen LogP contribution in [-0.4, -0.2) is 39.7 Å². The second-order valence-corrected chi connectivity index (χ2v) is 2.96. The summed E-state index contributed by atoms with van der Waals surface area (Å²) in [4.78, 5) is 28.4. The van der Waals surface area contributed by atoms with E-state index in [4.69, 9.17) is 0 Å². The van der Waals surface area contributed by atoms with E-state index in [1.54, 1.807) is 0 Å². The highest BCUT2D eigenvalue weighted by atomic mass is 16.7. The molecule has 0 aliphatic carbocycles. The SMILES string of the molecule is O=[N+]([O-])C1CCOC([N+](=O)[O-])C1[N+](=O)[O-]. The summed E-state index contributed by atoms with van der Waals surface area (Å²) in [5, 5.41) is 31.4. The Kier molecular flexibility index (Phi) is 3.09. The monoisotopic (exact) mass is 221 g/mol. The van der Waals surface area contributed by atoms with Crippen LogP contribution in [0, 0.1) is 30.3 Å². The van der Waals surface area contributed by atoms with E-state index in [1.807, 2.05) is 0 Å². The molecule has 1 aliphatic heterocycles. The third-order valence-electron chi connectivity index (χ3n) is 2.11. The van der Waals surface area contributed by atoms with Gasteiger partial charge in [0, 0.05) is 16.3 Å². The summed E-state index contributed by atoms with van der Waals surface area (Å²) < 4.78 is 4.55. The second kappa shape index (κ2) is 4.13. The maximum Gasteiger partial charge on any atom is 0.389 e.